The van der Waals surface area contributed by atoms with Crippen LogP contribution in [0.3, 0.4) is 0 Å². The van der Waals surface area contributed by atoms with E-state index in [1.54, 1.807) is 0 Å². The quantitative estimate of drug-likeness (QED) is 0.633. The van der Waals surface area contributed by atoms with Crippen LogP contribution in [0.1, 0.15) is 12.5 Å². The summed E-state index contributed by atoms with van der Waals surface area (Å²) in [7, 11) is 0. The van der Waals surface area contributed by atoms with Crippen LogP contribution in [-0.2, 0) is 6.54 Å². The molecule has 17 heavy (non-hydrogen) atoms. The zero-order valence-corrected chi connectivity index (χ0v) is 11.3. The lowest BCUT2D eigenvalue weighted by molar-refractivity contribution is 0.132. The number of hydrogen-bond acceptors (Lipinski definition) is 4. The highest BCUT2D eigenvalue weighted by atomic mass is 32.1. The van der Waals surface area contributed by atoms with Gasteiger partial charge in [0.25, 0.3) is 0 Å². The first kappa shape index (κ1) is 12.7. The largest absolute Gasteiger partial charge is 0.398 e. The van der Waals surface area contributed by atoms with Gasteiger partial charge in [-0.05, 0) is 24.2 Å². The van der Waals surface area contributed by atoms with Crippen LogP contribution in [0.25, 0.3) is 0 Å². The summed E-state index contributed by atoms with van der Waals surface area (Å²) < 4.78 is 0. The minimum Gasteiger partial charge on any atom is -0.398 e. The molecule has 0 spiro atoms. The van der Waals surface area contributed by atoms with Gasteiger partial charge in [0.1, 0.15) is 0 Å². The molecule has 0 aromatic heterocycles. The van der Waals surface area contributed by atoms with Crippen molar-refractivity contribution in [2.45, 2.75) is 18.4 Å². The standard InChI is InChI=1S/C13H21N3S/c1-2-15-5-7-16(8-6-15)10-11-3-4-12(14)13(17)9-11/h3-4,9,17H,2,5-8,10,14H2,1H3. The van der Waals surface area contributed by atoms with Crippen molar-refractivity contribution in [3.8, 4) is 0 Å². The first-order chi connectivity index (χ1) is 8.19. The summed E-state index contributed by atoms with van der Waals surface area (Å²) in [5.74, 6) is 0. The van der Waals surface area contributed by atoms with Gasteiger partial charge in [-0.3, -0.25) is 4.90 Å². The maximum atomic E-state index is 5.76. The van der Waals surface area contributed by atoms with Gasteiger partial charge in [0.15, 0.2) is 0 Å². The lowest BCUT2D eigenvalue weighted by atomic mass is 10.2. The number of likely N-dealkylation sites (N-methyl/N-ethyl adjacent to an activating group) is 1. The number of anilines is 1. The third-order valence-corrected chi connectivity index (χ3v) is 3.80. The Labute approximate surface area is 109 Å². The first-order valence-corrected chi connectivity index (χ1v) is 6.66. The van der Waals surface area contributed by atoms with Crippen LogP contribution in [0.15, 0.2) is 23.1 Å². The Balaban J connectivity index is 1.91. The third-order valence-electron chi connectivity index (χ3n) is 3.41. The highest BCUT2D eigenvalue weighted by Crippen LogP contribution is 2.19. The SMILES string of the molecule is CCN1CCN(Cc2ccc(N)c(S)c2)CC1. The Morgan fingerprint density at radius 3 is 2.41 bits per heavy atom. The maximum absolute atomic E-state index is 5.76. The van der Waals surface area contributed by atoms with Crippen LogP contribution >= 0.6 is 12.6 Å². The number of benzene rings is 1. The first-order valence-electron chi connectivity index (χ1n) is 6.21. The van der Waals surface area contributed by atoms with Crippen molar-refractivity contribution in [1.82, 2.24) is 9.80 Å². The summed E-state index contributed by atoms with van der Waals surface area (Å²) in [5, 5.41) is 0. The van der Waals surface area contributed by atoms with Gasteiger partial charge >= 0.3 is 0 Å². The zero-order chi connectivity index (χ0) is 12.3. The van der Waals surface area contributed by atoms with Crippen molar-refractivity contribution in [2.75, 3.05) is 38.5 Å². The van der Waals surface area contributed by atoms with Crippen LogP contribution in [0.5, 0.6) is 0 Å². The monoisotopic (exact) mass is 251 g/mol. The molecule has 1 heterocycles. The molecule has 2 N–H and O–H groups in total. The lowest BCUT2D eigenvalue weighted by Gasteiger charge is -2.34. The predicted octanol–water partition coefficient (Wildman–Crippen LogP) is 1.69. The van der Waals surface area contributed by atoms with Crippen LogP contribution in [0, 0.1) is 0 Å². The summed E-state index contributed by atoms with van der Waals surface area (Å²) >= 11 is 4.36. The van der Waals surface area contributed by atoms with E-state index < -0.39 is 0 Å². The zero-order valence-electron chi connectivity index (χ0n) is 10.4. The molecule has 0 saturated carbocycles. The molecule has 3 nitrogen and oxygen atoms in total. The maximum Gasteiger partial charge on any atom is 0.0449 e. The second-order valence-electron chi connectivity index (χ2n) is 4.60. The average Bonchev–Trinajstić information content (AvgIpc) is 2.35. The van der Waals surface area contributed by atoms with Crippen molar-refractivity contribution < 1.29 is 0 Å². The van der Waals surface area contributed by atoms with Crippen LogP contribution in [0.2, 0.25) is 0 Å². The topological polar surface area (TPSA) is 32.5 Å². The highest BCUT2D eigenvalue weighted by Gasteiger charge is 2.15. The van der Waals surface area contributed by atoms with E-state index in [-0.39, 0.29) is 0 Å². The Kier molecular flexibility index (Phi) is 4.31. The van der Waals surface area contributed by atoms with Crippen molar-refractivity contribution in [3.63, 3.8) is 0 Å². The van der Waals surface area contributed by atoms with E-state index in [2.05, 4.69) is 41.5 Å². The molecule has 0 atom stereocenters. The van der Waals surface area contributed by atoms with Crippen molar-refractivity contribution >= 4 is 18.3 Å². The van der Waals surface area contributed by atoms with Crippen LogP contribution in [-0.4, -0.2) is 42.5 Å². The van der Waals surface area contributed by atoms with Crippen LogP contribution in [0.4, 0.5) is 5.69 Å². The third kappa shape index (κ3) is 3.37. The molecule has 1 aromatic rings. The van der Waals surface area contributed by atoms with E-state index >= 15 is 0 Å². The molecule has 94 valence electrons. The summed E-state index contributed by atoms with van der Waals surface area (Å²) in [6, 6.07) is 6.12. The van der Waals surface area contributed by atoms with Gasteiger partial charge in [-0.1, -0.05) is 13.0 Å². The van der Waals surface area contributed by atoms with E-state index in [0.29, 0.717) is 0 Å². The van der Waals surface area contributed by atoms with E-state index in [4.69, 9.17) is 5.73 Å². The van der Waals surface area contributed by atoms with E-state index in [0.717, 1.165) is 36.8 Å². The molecule has 0 radical (unpaired) electrons. The number of thiol groups is 1. The minimum absolute atomic E-state index is 0.757. The van der Waals surface area contributed by atoms with Gasteiger partial charge in [0.2, 0.25) is 0 Å². The Morgan fingerprint density at radius 2 is 1.82 bits per heavy atom. The fourth-order valence-electron chi connectivity index (χ4n) is 2.21. The van der Waals surface area contributed by atoms with Gasteiger partial charge < -0.3 is 10.6 Å². The molecule has 1 saturated heterocycles. The highest BCUT2D eigenvalue weighted by molar-refractivity contribution is 7.80. The second-order valence-corrected chi connectivity index (χ2v) is 5.09. The summed E-state index contributed by atoms with van der Waals surface area (Å²) in [6.07, 6.45) is 0. The number of nitrogens with two attached hydrogens (primary N) is 1. The van der Waals surface area contributed by atoms with Crippen molar-refractivity contribution in [3.05, 3.63) is 23.8 Å². The number of nitrogens with zero attached hydrogens (tertiary/aromatic N) is 2. The number of hydrogen-bond donors (Lipinski definition) is 2. The molecule has 0 amide bonds. The molecular formula is C13H21N3S. The summed E-state index contributed by atoms with van der Waals surface area (Å²) in [4.78, 5) is 5.86. The summed E-state index contributed by atoms with van der Waals surface area (Å²) in [5.41, 5.74) is 7.82. The lowest BCUT2D eigenvalue weighted by Crippen LogP contribution is -2.45. The fourth-order valence-corrected chi connectivity index (χ4v) is 2.45. The number of piperazine rings is 1. The second kappa shape index (κ2) is 5.76. The molecule has 1 aromatic carbocycles. The molecule has 2 rings (SSSR count). The Morgan fingerprint density at radius 1 is 1.18 bits per heavy atom. The summed E-state index contributed by atoms with van der Waals surface area (Å²) in [6.45, 7) is 9.06. The van der Waals surface area contributed by atoms with Crippen molar-refractivity contribution in [2.24, 2.45) is 0 Å². The van der Waals surface area contributed by atoms with Gasteiger partial charge in [-0.2, -0.15) is 0 Å². The van der Waals surface area contributed by atoms with Gasteiger partial charge in [0, 0.05) is 43.3 Å². The van der Waals surface area contributed by atoms with Gasteiger partial charge in [-0.25, -0.2) is 0 Å². The smallest absolute Gasteiger partial charge is 0.0449 e. The molecule has 0 unspecified atom stereocenters. The minimum atomic E-state index is 0.757. The normalized spacial score (nSPS) is 18.5. The molecule has 1 aliphatic heterocycles. The van der Waals surface area contributed by atoms with Gasteiger partial charge in [0.05, 0.1) is 0 Å². The van der Waals surface area contributed by atoms with E-state index in [1.165, 1.54) is 18.7 Å². The Hall–Kier alpha value is -0.710. The molecule has 1 aliphatic rings. The molecular weight excluding hydrogens is 230 g/mol. The van der Waals surface area contributed by atoms with Crippen molar-refractivity contribution in [1.29, 1.82) is 0 Å². The van der Waals surface area contributed by atoms with Gasteiger partial charge in [-0.15, -0.1) is 12.6 Å². The molecule has 1 fully saturated rings. The number of rotatable bonds is 3. The average molecular weight is 251 g/mol. The Bertz CT molecular complexity index is 373. The van der Waals surface area contributed by atoms with Crippen LogP contribution < -0.4 is 5.73 Å². The molecule has 0 aliphatic carbocycles. The van der Waals surface area contributed by atoms with E-state index in [9.17, 15) is 0 Å². The molecule has 4 heteroatoms. The molecule has 0 bridgehead atoms. The fraction of sp³-hybridized carbons (Fsp3) is 0.538. The predicted molar refractivity (Wildman–Crippen MR) is 75.5 cm³/mol. The van der Waals surface area contributed by atoms with E-state index in [1.807, 2.05) is 6.07 Å². The number of nitrogen functional groups attached to an aromatic ring is 1.